The van der Waals surface area contributed by atoms with Crippen LogP contribution >= 0.6 is 0 Å². The Labute approximate surface area is 140 Å². The highest BCUT2D eigenvalue weighted by Gasteiger charge is 2.40. The Hall–Kier alpha value is -1.30. The minimum absolute atomic E-state index is 0.00842. The lowest BCUT2D eigenvalue weighted by Crippen LogP contribution is -2.52. The number of hydrogen-bond acceptors (Lipinski definition) is 3. The maximum Gasteiger partial charge on any atom is 0.243 e. The average Bonchev–Trinajstić information content (AvgIpc) is 2.91. The summed E-state index contributed by atoms with van der Waals surface area (Å²) < 4.78 is 6.09. The Bertz CT molecular complexity index is 428. The molecule has 2 aliphatic rings. The molecule has 2 N–H and O–H groups in total. The molecule has 23 heavy (non-hydrogen) atoms. The van der Waals surface area contributed by atoms with Gasteiger partial charge in [-0.05, 0) is 39.5 Å². The molecule has 2 rings (SSSR count). The van der Waals surface area contributed by atoms with Gasteiger partial charge in [0.2, 0.25) is 5.91 Å². The average molecular weight is 324 g/mol. The Balaban J connectivity index is 1.96. The first-order valence-electron chi connectivity index (χ1n) is 8.82. The first kappa shape index (κ1) is 18.0. The Morgan fingerprint density at radius 2 is 2.04 bits per heavy atom. The van der Waals surface area contributed by atoms with Gasteiger partial charge in [0.25, 0.3) is 0 Å². The first-order chi connectivity index (χ1) is 10.9. The minimum Gasteiger partial charge on any atom is -0.375 e. The molecule has 0 bridgehead atoms. The molecule has 1 heterocycles. The molecule has 1 amide bonds. The summed E-state index contributed by atoms with van der Waals surface area (Å²) in [7, 11) is 3.51. The zero-order valence-corrected chi connectivity index (χ0v) is 15.0. The van der Waals surface area contributed by atoms with E-state index in [1.165, 1.54) is 25.7 Å². The molecular weight excluding hydrogens is 292 g/mol. The Morgan fingerprint density at radius 3 is 2.65 bits per heavy atom. The van der Waals surface area contributed by atoms with E-state index in [4.69, 9.17) is 4.74 Å². The predicted octanol–water partition coefficient (Wildman–Crippen LogP) is 1.51. The van der Waals surface area contributed by atoms with Crippen molar-refractivity contribution in [3.63, 3.8) is 0 Å². The number of nitrogens with zero attached hydrogens (tertiary/aromatic N) is 2. The number of ether oxygens (including phenoxy) is 1. The van der Waals surface area contributed by atoms with Crippen LogP contribution in [0.3, 0.4) is 0 Å². The molecule has 1 saturated heterocycles. The van der Waals surface area contributed by atoms with Crippen LogP contribution < -0.4 is 10.6 Å². The van der Waals surface area contributed by atoms with Gasteiger partial charge in [0.15, 0.2) is 5.96 Å². The topological polar surface area (TPSA) is 66.0 Å². The number of guanidine groups is 1. The minimum atomic E-state index is 0.00842. The molecule has 6 heteroatoms. The monoisotopic (exact) mass is 324 g/mol. The third kappa shape index (κ3) is 5.37. The van der Waals surface area contributed by atoms with Crippen LogP contribution in [0.1, 0.15) is 52.4 Å². The van der Waals surface area contributed by atoms with Crippen LogP contribution in [0.15, 0.2) is 4.99 Å². The van der Waals surface area contributed by atoms with Crippen LogP contribution in [0.5, 0.6) is 0 Å². The maximum atomic E-state index is 11.8. The molecule has 0 aromatic rings. The molecule has 0 aromatic carbocycles. The van der Waals surface area contributed by atoms with Crippen molar-refractivity contribution in [2.75, 3.05) is 27.2 Å². The lowest BCUT2D eigenvalue weighted by Gasteiger charge is -2.39. The quantitative estimate of drug-likeness (QED) is 0.608. The summed E-state index contributed by atoms with van der Waals surface area (Å²) in [6.07, 6.45) is 6.92. The fraction of sp³-hybridized carbons (Fsp3) is 0.882. The van der Waals surface area contributed by atoms with Crippen LogP contribution in [0.2, 0.25) is 0 Å². The molecule has 1 spiro atoms. The molecule has 1 saturated carbocycles. The molecule has 1 aliphatic carbocycles. The van der Waals surface area contributed by atoms with E-state index >= 15 is 0 Å². The second kappa shape index (κ2) is 7.99. The van der Waals surface area contributed by atoms with E-state index in [1.54, 1.807) is 19.0 Å². The molecule has 0 aromatic heterocycles. The molecule has 6 nitrogen and oxygen atoms in total. The van der Waals surface area contributed by atoms with E-state index in [0.717, 1.165) is 25.4 Å². The fourth-order valence-electron chi connectivity index (χ4n) is 3.41. The van der Waals surface area contributed by atoms with E-state index in [1.807, 2.05) is 0 Å². The van der Waals surface area contributed by atoms with Gasteiger partial charge >= 0.3 is 0 Å². The van der Waals surface area contributed by atoms with Crippen molar-refractivity contribution >= 4 is 11.9 Å². The number of carbonyl (C=O) groups excluding carboxylic acids is 1. The summed E-state index contributed by atoms with van der Waals surface area (Å²) in [4.78, 5) is 17.8. The van der Waals surface area contributed by atoms with Gasteiger partial charge in [-0.2, -0.15) is 0 Å². The summed E-state index contributed by atoms with van der Waals surface area (Å²) in [5.41, 5.74) is 0.0817. The third-order valence-corrected chi connectivity index (χ3v) is 4.65. The van der Waals surface area contributed by atoms with Crippen molar-refractivity contribution in [1.29, 1.82) is 0 Å². The van der Waals surface area contributed by atoms with Gasteiger partial charge in [0.05, 0.1) is 5.60 Å². The first-order valence-corrected chi connectivity index (χ1v) is 8.82. The molecule has 1 unspecified atom stereocenters. The van der Waals surface area contributed by atoms with Crippen molar-refractivity contribution in [2.45, 2.75) is 70.1 Å². The number of likely N-dealkylation sites (N-methyl/N-ethyl adjacent to an activating group) is 1. The number of amides is 1. The smallest absolute Gasteiger partial charge is 0.243 e. The van der Waals surface area contributed by atoms with Crippen LogP contribution in [0.25, 0.3) is 0 Å². The number of hydrogen-bond donors (Lipinski definition) is 2. The van der Waals surface area contributed by atoms with E-state index in [2.05, 4.69) is 29.5 Å². The lowest BCUT2D eigenvalue weighted by atomic mass is 9.89. The second-order valence-corrected chi connectivity index (χ2v) is 7.32. The molecule has 0 radical (unpaired) electrons. The van der Waals surface area contributed by atoms with Gasteiger partial charge in [-0.3, -0.25) is 4.79 Å². The van der Waals surface area contributed by atoms with Gasteiger partial charge in [0, 0.05) is 32.8 Å². The number of nitrogens with one attached hydrogen (secondary N) is 2. The lowest BCUT2D eigenvalue weighted by molar-refractivity contribution is -0.127. The van der Waals surface area contributed by atoms with Gasteiger partial charge in [-0.25, -0.2) is 4.99 Å². The number of rotatable bonds is 4. The summed E-state index contributed by atoms with van der Waals surface area (Å²) in [6.45, 7) is 5.13. The highest BCUT2D eigenvalue weighted by atomic mass is 16.5. The van der Waals surface area contributed by atoms with Crippen LogP contribution in [0, 0.1) is 0 Å². The molecular formula is C17H32N4O2. The molecule has 2 fully saturated rings. The summed E-state index contributed by atoms with van der Waals surface area (Å²) in [6, 6.07) is 0.636. The van der Waals surface area contributed by atoms with E-state index in [9.17, 15) is 4.79 Å². The van der Waals surface area contributed by atoms with Gasteiger partial charge in [0.1, 0.15) is 6.54 Å². The third-order valence-electron chi connectivity index (χ3n) is 4.65. The number of aliphatic imine (C=N–C) groups is 1. The highest BCUT2D eigenvalue weighted by Crippen LogP contribution is 2.39. The van der Waals surface area contributed by atoms with Crippen molar-refractivity contribution in [3.05, 3.63) is 0 Å². The second-order valence-electron chi connectivity index (χ2n) is 7.32. The van der Waals surface area contributed by atoms with Gasteiger partial charge < -0.3 is 20.3 Å². The zero-order valence-electron chi connectivity index (χ0n) is 15.0. The summed E-state index contributed by atoms with van der Waals surface area (Å²) in [5.74, 6) is 0.740. The van der Waals surface area contributed by atoms with Crippen molar-refractivity contribution in [3.8, 4) is 0 Å². The van der Waals surface area contributed by atoms with Gasteiger partial charge in [-0.15, -0.1) is 0 Å². The zero-order chi connectivity index (χ0) is 16.9. The highest BCUT2D eigenvalue weighted by molar-refractivity contribution is 5.85. The normalized spacial score (nSPS) is 24.0. The molecule has 132 valence electrons. The molecule has 1 aliphatic heterocycles. The number of carbonyl (C=O) groups is 1. The SMILES string of the molecule is CC(C)NC(=NCC(=O)N(C)C)NC1CCOC2(CCCC2)C1. The van der Waals surface area contributed by atoms with Crippen LogP contribution in [-0.4, -0.2) is 61.7 Å². The van der Waals surface area contributed by atoms with Crippen LogP contribution in [0.4, 0.5) is 0 Å². The summed E-state index contributed by atoms with van der Waals surface area (Å²) in [5, 5.41) is 6.85. The Kier molecular flexibility index (Phi) is 6.27. The summed E-state index contributed by atoms with van der Waals surface area (Å²) >= 11 is 0. The van der Waals surface area contributed by atoms with Crippen LogP contribution in [-0.2, 0) is 9.53 Å². The van der Waals surface area contributed by atoms with Crippen molar-refractivity contribution in [1.82, 2.24) is 15.5 Å². The predicted molar refractivity (Wildman–Crippen MR) is 92.6 cm³/mol. The van der Waals surface area contributed by atoms with E-state index in [-0.39, 0.29) is 24.1 Å². The van der Waals surface area contributed by atoms with Crippen molar-refractivity contribution < 1.29 is 9.53 Å². The van der Waals surface area contributed by atoms with E-state index in [0.29, 0.717) is 6.04 Å². The van der Waals surface area contributed by atoms with Gasteiger partial charge in [-0.1, -0.05) is 12.8 Å². The molecule has 1 atom stereocenters. The largest absolute Gasteiger partial charge is 0.375 e. The Morgan fingerprint density at radius 1 is 1.35 bits per heavy atom. The van der Waals surface area contributed by atoms with Crippen molar-refractivity contribution in [2.24, 2.45) is 4.99 Å². The maximum absolute atomic E-state index is 11.8. The fourth-order valence-corrected chi connectivity index (χ4v) is 3.41. The standard InChI is InChI=1S/C17H32N4O2/c1-13(2)19-16(18-12-15(22)21(3)4)20-14-7-10-23-17(11-14)8-5-6-9-17/h13-14H,5-12H2,1-4H3,(H2,18,19,20). The van der Waals surface area contributed by atoms with E-state index < -0.39 is 0 Å².